The Bertz CT molecular complexity index is 506. The molecule has 21 heavy (non-hydrogen) atoms. The molecule has 0 bridgehead atoms. The molecule has 0 aliphatic carbocycles. The minimum absolute atomic E-state index is 0. The number of likely N-dealkylation sites (N-methyl/N-ethyl adjacent to an activating group) is 1. The lowest BCUT2D eigenvalue weighted by molar-refractivity contribution is -0.385. The van der Waals surface area contributed by atoms with Gasteiger partial charge in [-0.15, -0.1) is 12.4 Å². The molecule has 1 aliphatic rings. The fourth-order valence-corrected chi connectivity index (χ4v) is 2.14. The molecule has 7 nitrogen and oxygen atoms in total. The number of nitro groups is 1. The summed E-state index contributed by atoms with van der Waals surface area (Å²) in [6.45, 7) is 1.47. The molecule has 8 heteroatoms. The summed E-state index contributed by atoms with van der Waals surface area (Å²) in [6, 6.07) is 6.20. The average Bonchev–Trinajstić information content (AvgIpc) is 2.98. The van der Waals surface area contributed by atoms with E-state index in [1.54, 1.807) is 24.1 Å². The van der Waals surface area contributed by atoms with E-state index in [1.807, 2.05) is 0 Å². The van der Waals surface area contributed by atoms with Crippen molar-refractivity contribution in [3.8, 4) is 5.75 Å². The molecule has 1 unspecified atom stereocenters. The van der Waals surface area contributed by atoms with Gasteiger partial charge in [-0.2, -0.15) is 0 Å². The fraction of sp³-hybridized carbons (Fsp3) is 0.462. The maximum atomic E-state index is 12.0. The van der Waals surface area contributed by atoms with Crippen LogP contribution in [0.25, 0.3) is 0 Å². The molecular weight excluding hydrogens is 298 g/mol. The minimum atomic E-state index is -0.523. The van der Waals surface area contributed by atoms with E-state index in [1.165, 1.54) is 12.1 Å². The minimum Gasteiger partial charge on any atom is -0.477 e. The van der Waals surface area contributed by atoms with Gasteiger partial charge in [-0.25, -0.2) is 0 Å². The third-order valence-corrected chi connectivity index (χ3v) is 3.39. The Hall–Kier alpha value is -1.86. The zero-order valence-electron chi connectivity index (χ0n) is 11.7. The molecule has 1 saturated heterocycles. The molecule has 0 spiro atoms. The number of carbonyl (C=O) groups is 1. The highest BCUT2D eigenvalue weighted by Crippen LogP contribution is 2.25. The van der Waals surface area contributed by atoms with Crippen LogP contribution in [0.4, 0.5) is 5.69 Å². The smallest absolute Gasteiger partial charge is 0.310 e. The first kappa shape index (κ1) is 17.2. The zero-order valence-corrected chi connectivity index (χ0v) is 12.5. The standard InChI is InChI=1S/C13H17N3O4.ClH/c1-15(10-6-7-14-8-10)13(17)9-20-12-5-3-2-4-11(12)16(18)19;/h2-5,10,14H,6-9H2,1H3;1H. The number of benzene rings is 1. The lowest BCUT2D eigenvalue weighted by atomic mass is 10.2. The highest BCUT2D eigenvalue weighted by Gasteiger charge is 2.24. The summed E-state index contributed by atoms with van der Waals surface area (Å²) >= 11 is 0. The lowest BCUT2D eigenvalue weighted by Gasteiger charge is -2.23. The molecule has 1 atom stereocenters. The van der Waals surface area contributed by atoms with Gasteiger partial charge in [0.1, 0.15) is 0 Å². The van der Waals surface area contributed by atoms with Crippen LogP contribution >= 0.6 is 12.4 Å². The zero-order chi connectivity index (χ0) is 14.5. The number of nitrogens with zero attached hydrogens (tertiary/aromatic N) is 2. The fourth-order valence-electron chi connectivity index (χ4n) is 2.14. The third-order valence-electron chi connectivity index (χ3n) is 3.39. The number of nitrogens with one attached hydrogen (secondary N) is 1. The van der Waals surface area contributed by atoms with Crippen molar-refractivity contribution >= 4 is 24.0 Å². The summed E-state index contributed by atoms with van der Waals surface area (Å²) < 4.78 is 5.29. The van der Waals surface area contributed by atoms with Gasteiger partial charge in [0.15, 0.2) is 12.4 Å². The molecule has 0 radical (unpaired) electrons. The Labute approximate surface area is 128 Å². The van der Waals surface area contributed by atoms with Crippen LogP contribution in [0.1, 0.15) is 6.42 Å². The van der Waals surface area contributed by atoms with Crippen molar-refractivity contribution in [3.63, 3.8) is 0 Å². The van der Waals surface area contributed by atoms with Crippen LogP contribution in [0.3, 0.4) is 0 Å². The van der Waals surface area contributed by atoms with Gasteiger partial charge in [0.25, 0.3) is 5.91 Å². The van der Waals surface area contributed by atoms with Crippen LogP contribution in [-0.4, -0.2) is 48.5 Å². The number of ether oxygens (including phenoxy) is 1. The van der Waals surface area contributed by atoms with Crippen LogP contribution in [0.2, 0.25) is 0 Å². The predicted molar refractivity (Wildman–Crippen MR) is 79.9 cm³/mol. The Morgan fingerprint density at radius 1 is 1.52 bits per heavy atom. The summed E-state index contributed by atoms with van der Waals surface area (Å²) in [7, 11) is 1.72. The highest BCUT2D eigenvalue weighted by molar-refractivity contribution is 5.85. The molecule has 116 valence electrons. The first-order chi connectivity index (χ1) is 9.59. The van der Waals surface area contributed by atoms with E-state index in [-0.39, 0.29) is 42.4 Å². The Kier molecular flexibility index (Phi) is 6.39. The van der Waals surface area contributed by atoms with Gasteiger partial charge in [0, 0.05) is 25.7 Å². The number of amides is 1. The van der Waals surface area contributed by atoms with Gasteiger partial charge in [-0.05, 0) is 19.0 Å². The van der Waals surface area contributed by atoms with Crippen molar-refractivity contribution in [1.82, 2.24) is 10.2 Å². The van der Waals surface area contributed by atoms with Crippen LogP contribution in [0.5, 0.6) is 5.75 Å². The van der Waals surface area contributed by atoms with Crippen molar-refractivity contribution in [1.29, 1.82) is 0 Å². The third kappa shape index (κ3) is 4.30. The maximum absolute atomic E-state index is 12.0. The van der Waals surface area contributed by atoms with E-state index in [2.05, 4.69) is 5.32 Å². The molecule has 2 rings (SSSR count). The van der Waals surface area contributed by atoms with Gasteiger partial charge in [0.2, 0.25) is 0 Å². The average molecular weight is 316 g/mol. The van der Waals surface area contributed by atoms with Crippen molar-refractivity contribution in [2.75, 3.05) is 26.7 Å². The van der Waals surface area contributed by atoms with E-state index in [0.717, 1.165) is 19.5 Å². The van der Waals surface area contributed by atoms with E-state index in [4.69, 9.17) is 4.74 Å². The number of para-hydroxylation sites is 2. The normalized spacial score (nSPS) is 16.9. The monoisotopic (exact) mass is 315 g/mol. The van der Waals surface area contributed by atoms with E-state index in [9.17, 15) is 14.9 Å². The molecular formula is C13H18ClN3O4. The second-order valence-electron chi connectivity index (χ2n) is 4.66. The topological polar surface area (TPSA) is 84.7 Å². The van der Waals surface area contributed by atoms with Crippen molar-refractivity contribution in [2.45, 2.75) is 12.5 Å². The van der Waals surface area contributed by atoms with E-state index >= 15 is 0 Å². The Balaban J connectivity index is 0.00000220. The van der Waals surface area contributed by atoms with Gasteiger partial charge in [-0.3, -0.25) is 14.9 Å². The number of nitro benzene ring substituents is 1. The first-order valence-electron chi connectivity index (χ1n) is 6.42. The largest absolute Gasteiger partial charge is 0.477 e. The second kappa shape index (κ2) is 7.80. The summed E-state index contributed by atoms with van der Waals surface area (Å²) in [5, 5.41) is 14.0. The highest BCUT2D eigenvalue weighted by atomic mass is 35.5. The van der Waals surface area contributed by atoms with Gasteiger partial charge in [0.05, 0.1) is 4.92 Å². The van der Waals surface area contributed by atoms with Crippen molar-refractivity contribution < 1.29 is 14.5 Å². The van der Waals surface area contributed by atoms with Crippen LogP contribution in [-0.2, 0) is 4.79 Å². The molecule has 1 heterocycles. The number of halogens is 1. The van der Waals surface area contributed by atoms with Gasteiger partial charge < -0.3 is 15.0 Å². The number of carbonyl (C=O) groups excluding carboxylic acids is 1. The van der Waals surface area contributed by atoms with Gasteiger partial charge >= 0.3 is 5.69 Å². The van der Waals surface area contributed by atoms with E-state index in [0.29, 0.717) is 0 Å². The summed E-state index contributed by atoms with van der Waals surface area (Å²) in [5.41, 5.74) is -0.134. The molecule has 0 aromatic heterocycles. The molecule has 1 aliphatic heterocycles. The van der Waals surface area contributed by atoms with Crippen molar-refractivity contribution in [3.05, 3.63) is 34.4 Å². The van der Waals surface area contributed by atoms with Crippen molar-refractivity contribution in [2.24, 2.45) is 0 Å². The lowest BCUT2D eigenvalue weighted by Crippen LogP contribution is -2.40. The Morgan fingerprint density at radius 3 is 2.86 bits per heavy atom. The molecule has 1 amide bonds. The Morgan fingerprint density at radius 2 is 2.24 bits per heavy atom. The summed E-state index contributed by atoms with van der Waals surface area (Å²) in [5.74, 6) is -0.0688. The molecule has 0 saturated carbocycles. The number of hydrogen-bond donors (Lipinski definition) is 1. The molecule has 1 aromatic rings. The molecule has 1 fully saturated rings. The predicted octanol–water partition coefficient (Wildman–Crippen LogP) is 1.22. The summed E-state index contributed by atoms with van der Waals surface area (Å²) in [6.07, 6.45) is 0.910. The van der Waals surface area contributed by atoms with Crippen LogP contribution in [0, 0.1) is 10.1 Å². The summed E-state index contributed by atoms with van der Waals surface area (Å²) in [4.78, 5) is 23.9. The second-order valence-corrected chi connectivity index (χ2v) is 4.66. The molecule has 1 N–H and O–H groups in total. The first-order valence-corrected chi connectivity index (χ1v) is 6.42. The van der Waals surface area contributed by atoms with Crippen LogP contribution < -0.4 is 10.1 Å². The maximum Gasteiger partial charge on any atom is 0.310 e. The molecule has 1 aromatic carbocycles. The SMILES string of the molecule is CN(C(=O)COc1ccccc1[N+](=O)[O-])C1CCNC1.Cl. The van der Waals surface area contributed by atoms with Crippen LogP contribution in [0.15, 0.2) is 24.3 Å². The van der Waals surface area contributed by atoms with E-state index < -0.39 is 4.92 Å². The number of hydrogen-bond acceptors (Lipinski definition) is 5. The van der Waals surface area contributed by atoms with Gasteiger partial charge in [-0.1, -0.05) is 12.1 Å². The number of rotatable bonds is 5. The quantitative estimate of drug-likeness (QED) is 0.652.